The van der Waals surface area contributed by atoms with Crippen LogP contribution in [0.2, 0.25) is 5.02 Å². The summed E-state index contributed by atoms with van der Waals surface area (Å²) < 4.78 is 0. The number of halogens is 1. The highest BCUT2D eigenvalue weighted by molar-refractivity contribution is 7.99. The number of hydrogen-bond acceptors (Lipinski definition) is 2. The molecule has 0 spiro atoms. The summed E-state index contributed by atoms with van der Waals surface area (Å²) in [6, 6.07) is 9.06. The van der Waals surface area contributed by atoms with Crippen LogP contribution in [0.5, 0.6) is 0 Å². The van der Waals surface area contributed by atoms with Crippen molar-refractivity contribution in [2.24, 2.45) is 0 Å². The fraction of sp³-hybridized carbons (Fsp3) is 0.571. The van der Waals surface area contributed by atoms with Gasteiger partial charge in [-0.05, 0) is 37.1 Å². The molecule has 1 N–H and O–H groups in total. The highest BCUT2D eigenvalue weighted by Crippen LogP contribution is 2.28. The van der Waals surface area contributed by atoms with Crippen LogP contribution in [0, 0.1) is 0 Å². The number of nitrogens with one attached hydrogen (secondary N) is 1. The Labute approximate surface area is 113 Å². The summed E-state index contributed by atoms with van der Waals surface area (Å²) in [5, 5.41) is 5.29. The van der Waals surface area contributed by atoms with Crippen LogP contribution < -0.4 is 5.32 Å². The fourth-order valence-electron chi connectivity index (χ4n) is 2.38. The Morgan fingerprint density at radius 1 is 1.41 bits per heavy atom. The molecule has 1 nitrogen and oxygen atoms in total. The molecule has 0 radical (unpaired) electrons. The molecular formula is C14H20ClNS. The molecule has 2 unspecified atom stereocenters. The lowest BCUT2D eigenvalue weighted by Gasteiger charge is -2.32. The minimum atomic E-state index is 0.329. The molecule has 0 saturated carbocycles. The highest BCUT2D eigenvalue weighted by Gasteiger charge is 2.23. The van der Waals surface area contributed by atoms with Gasteiger partial charge in [0.05, 0.1) is 0 Å². The zero-order valence-corrected chi connectivity index (χ0v) is 12.0. The first kappa shape index (κ1) is 13.3. The van der Waals surface area contributed by atoms with E-state index in [1.807, 2.05) is 12.1 Å². The normalized spacial score (nSPS) is 26.8. The third-order valence-corrected chi connectivity index (χ3v) is 5.17. The van der Waals surface area contributed by atoms with E-state index < -0.39 is 0 Å². The van der Waals surface area contributed by atoms with Crippen LogP contribution in [0.3, 0.4) is 0 Å². The molecule has 3 heteroatoms. The molecule has 3 atom stereocenters. The van der Waals surface area contributed by atoms with Crippen LogP contribution in [0.4, 0.5) is 0 Å². The third kappa shape index (κ3) is 3.40. The maximum absolute atomic E-state index is 6.23. The molecule has 2 rings (SSSR count). The van der Waals surface area contributed by atoms with Crippen molar-refractivity contribution < 1.29 is 0 Å². The van der Waals surface area contributed by atoms with Crippen LogP contribution in [-0.2, 0) is 0 Å². The van der Waals surface area contributed by atoms with Crippen molar-refractivity contribution in [2.45, 2.75) is 44.0 Å². The fourth-order valence-corrected chi connectivity index (χ4v) is 3.83. The van der Waals surface area contributed by atoms with E-state index in [-0.39, 0.29) is 0 Å². The minimum absolute atomic E-state index is 0.329. The quantitative estimate of drug-likeness (QED) is 0.879. The lowest BCUT2D eigenvalue weighted by atomic mass is 10.0. The van der Waals surface area contributed by atoms with Gasteiger partial charge in [-0.3, -0.25) is 0 Å². The van der Waals surface area contributed by atoms with Gasteiger partial charge in [-0.25, -0.2) is 0 Å². The van der Waals surface area contributed by atoms with Crippen molar-refractivity contribution in [1.29, 1.82) is 0 Å². The molecule has 0 amide bonds. The van der Waals surface area contributed by atoms with Gasteiger partial charge >= 0.3 is 0 Å². The van der Waals surface area contributed by atoms with E-state index in [2.05, 4.69) is 43.1 Å². The van der Waals surface area contributed by atoms with Crippen molar-refractivity contribution >= 4 is 23.4 Å². The van der Waals surface area contributed by atoms with E-state index in [0.29, 0.717) is 17.3 Å². The van der Waals surface area contributed by atoms with Crippen molar-refractivity contribution in [2.75, 3.05) is 5.75 Å². The zero-order chi connectivity index (χ0) is 12.3. The van der Waals surface area contributed by atoms with Gasteiger partial charge in [0.15, 0.2) is 0 Å². The Hall–Kier alpha value is -0.180. The maximum atomic E-state index is 6.23. The summed E-state index contributed by atoms with van der Waals surface area (Å²) in [7, 11) is 0. The second-order valence-corrected chi connectivity index (χ2v) is 6.63. The van der Waals surface area contributed by atoms with E-state index in [9.17, 15) is 0 Å². The Morgan fingerprint density at radius 3 is 2.88 bits per heavy atom. The summed E-state index contributed by atoms with van der Waals surface area (Å²) in [6.45, 7) is 4.52. The predicted octanol–water partition coefficient (Wildman–Crippen LogP) is 4.27. The first-order valence-electron chi connectivity index (χ1n) is 6.30. The van der Waals surface area contributed by atoms with Crippen LogP contribution in [0.1, 0.15) is 38.3 Å². The van der Waals surface area contributed by atoms with E-state index in [0.717, 1.165) is 5.02 Å². The molecule has 0 bridgehead atoms. The maximum Gasteiger partial charge on any atom is 0.0453 e. The second-order valence-electron chi connectivity index (χ2n) is 4.73. The van der Waals surface area contributed by atoms with Crippen LogP contribution in [0.25, 0.3) is 0 Å². The van der Waals surface area contributed by atoms with Crippen molar-refractivity contribution in [1.82, 2.24) is 5.32 Å². The van der Waals surface area contributed by atoms with Gasteiger partial charge in [-0.15, -0.1) is 0 Å². The Bertz CT molecular complexity index is 369. The molecule has 0 aliphatic carbocycles. The monoisotopic (exact) mass is 269 g/mol. The molecule has 1 aromatic rings. The largest absolute Gasteiger partial charge is 0.306 e. The van der Waals surface area contributed by atoms with Gasteiger partial charge in [0, 0.05) is 22.4 Å². The molecular weight excluding hydrogens is 250 g/mol. The van der Waals surface area contributed by atoms with Gasteiger partial charge in [0.2, 0.25) is 0 Å². The van der Waals surface area contributed by atoms with Gasteiger partial charge < -0.3 is 5.32 Å². The van der Waals surface area contributed by atoms with E-state index >= 15 is 0 Å². The standard InChI is InChI=1S/C14H20ClNS/c1-10(12-6-3-4-7-13(12)15)16-14-8-5-9-17-11(14)2/h3-4,6-7,10-11,14,16H,5,8-9H2,1-2H3/t10-,11?,14?/m1/s1. The van der Waals surface area contributed by atoms with Gasteiger partial charge in [-0.1, -0.05) is 36.7 Å². The Balaban J connectivity index is 2.01. The van der Waals surface area contributed by atoms with Gasteiger partial charge in [0.1, 0.15) is 0 Å². The van der Waals surface area contributed by atoms with E-state index in [4.69, 9.17) is 11.6 Å². The molecule has 17 heavy (non-hydrogen) atoms. The average molecular weight is 270 g/mol. The van der Waals surface area contributed by atoms with Crippen LogP contribution in [0.15, 0.2) is 24.3 Å². The van der Waals surface area contributed by atoms with Crippen molar-refractivity contribution in [3.05, 3.63) is 34.9 Å². The highest BCUT2D eigenvalue weighted by atomic mass is 35.5. The Morgan fingerprint density at radius 2 is 2.18 bits per heavy atom. The minimum Gasteiger partial charge on any atom is -0.306 e. The molecule has 1 aliphatic rings. The van der Waals surface area contributed by atoms with Crippen LogP contribution in [-0.4, -0.2) is 17.0 Å². The number of rotatable bonds is 3. The average Bonchev–Trinajstić information content (AvgIpc) is 2.32. The lowest BCUT2D eigenvalue weighted by molar-refractivity contribution is 0.417. The summed E-state index contributed by atoms with van der Waals surface area (Å²) in [6.07, 6.45) is 2.60. The number of thioether (sulfide) groups is 1. The van der Waals surface area contributed by atoms with Gasteiger partial charge in [-0.2, -0.15) is 11.8 Å². The zero-order valence-electron chi connectivity index (χ0n) is 10.4. The van der Waals surface area contributed by atoms with E-state index in [1.54, 1.807) is 0 Å². The molecule has 1 heterocycles. The first-order chi connectivity index (χ1) is 8.18. The van der Waals surface area contributed by atoms with E-state index in [1.165, 1.54) is 24.2 Å². The van der Waals surface area contributed by atoms with Crippen LogP contribution >= 0.6 is 23.4 Å². The lowest BCUT2D eigenvalue weighted by Crippen LogP contribution is -2.40. The summed E-state index contributed by atoms with van der Waals surface area (Å²) >= 11 is 8.30. The summed E-state index contributed by atoms with van der Waals surface area (Å²) in [4.78, 5) is 0. The molecule has 1 aliphatic heterocycles. The first-order valence-corrected chi connectivity index (χ1v) is 7.73. The smallest absolute Gasteiger partial charge is 0.0453 e. The number of benzene rings is 1. The molecule has 1 aromatic carbocycles. The van der Waals surface area contributed by atoms with Crippen molar-refractivity contribution in [3.63, 3.8) is 0 Å². The number of hydrogen-bond donors (Lipinski definition) is 1. The molecule has 1 fully saturated rings. The SMILES string of the molecule is CC1SCCCC1N[C@H](C)c1ccccc1Cl. The topological polar surface area (TPSA) is 12.0 Å². The van der Waals surface area contributed by atoms with Crippen molar-refractivity contribution in [3.8, 4) is 0 Å². The summed E-state index contributed by atoms with van der Waals surface area (Å²) in [5.41, 5.74) is 1.21. The predicted molar refractivity (Wildman–Crippen MR) is 77.9 cm³/mol. The summed E-state index contributed by atoms with van der Waals surface area (Å²) in [5.74, 6) is 1.31. The van der Waals surface area contributed by atoms with Gasteiger partial charge in [0.25, 0.3) is 0 Å². The molecule has 0 aromatic heterocycles. The third-order valence-electron chi connectivity index (χ3n) is 3.44. The Kier molecular flexibility index (Phi) is 4.78. The second kappa shape index (κ2) is 6.12. The molecule has 1 saturated heterocycles. The molecule has 94 valence electrons.